The quantitative estimate of drug-likeness (QED) is 0.906. The molecule has 0 spiro atoms. The molecule has 106 valence electrons. The first-order valence-corrected chi connectivity index (χ1v) is 7.28. The van der Waals surface area contributed by atoms with Crippen molar-refractivity contribution in [2.24, 2.45) is 0 Å². The first-order chi connectivity index (χ1) is 8.98. The van der Waals surface area contributed by atoms with Crippen LogP contribution >= 0.6 is 0 Å². The minimum Gasteiger partial charge on any atom is -0.319 e. The average molecular weight is 261 g/mol. The number of piperidine rings is 1. The summed E-state index contributed by atoms with van der Waals surface area (Å²) in [5.74, 6) is 0. The third-order valence-corrected chi connectivity index (χ3v) is 4.48. The summed E-state index contributed by atoms with van der Waals surface area (Å²) in [5.41, 5.74) is 1.99. The van der Waals surface area contributed by atoms with Crippen LogP contribution in [0.1, 0.15) is 39.2 Å². The maximum atomic E-state index is 4.15. The van der Waals surface area contributed by atoms with E-state index in [2.05, 4.69) is 55.2 Å². The minimum absolute atomic E-state index is 0.277. The standard InChI is InChI=1S/C16H27N3/c1-15(2,3)19-11-7-16(8-12-19,13-17-4)14-5-9-18-10-6-14/h5-6,9-10,17H,7-8,11-13H2,1-4H3. The smallest absolute Gasteiger partial charge is 0.0270 e. The summed E-state index contributed by atoms with van der Waals surface area (Å²) in [7, 11) is 2.05. The van der Waals surface area contributed by atoms with Gasteiger partial charge in [0.2, 0.25) is 0 Å². The van der Waals surface area contributed by atoms with E-state index >= 15 is 0 Å². The van der Waals surface area contributed by atoms with Crippen LogP contribution in [0, 0.1) is 0 Å². The third kappa shape index (κ3) is 3.15. The zero-order valence-electron chi connectivity index (χ0n) is 12.7. The van der Waals surface area contributed by atoms with Crippen molar-refractivity contribution in [2.75, 3.05) is 26.7 Å². The lowest BCUT2D eigenvalue weighted by Gasteiger charge is -2.47. The highest BCUT2D eigenvalue weighted by atomic mass is 15.2. The summed E-state index contributed by atoms with van der Waals surface area (Å²) in [6.07, 6.45) is 6.27. The summed E-state index contributed by atoms with van der Waals surface area (Å²) < 4.78 is 0. The van der Waals surface area contributed by atoms with E-state index in [0.29, 0.717) is 0 Å². The number of nitrogens with zero attached hydrogens (tertiary/aromatic N) is 2. The Morgan fingerprint density at radius 2 is 1.79 bits per heavy atom. The van der Waals surface area contributed by atoms with Gasteiger partial charge in [-0.1, -0.05) is 0 Å². The van der Waals surface area contributed by atoms with Gasteiger partial charge in [-0.2, -0.15) is 0 Å². The Bertz CT molecular complexity index is 386. The van der Waals surface area contributed by atoms with Gasteiger partial charge in [-0.3, -0.25) is 9.88 Å². The molecule has 1 N–H and O–H groups in total. The Balaban J connectivity index is 2.16. The van der Waals surface area contributed by atoms with Crippen molar-refractivity contribution >= 4 is 0 Å². The van der Waals surface area contributed by atoms with Crippen molar-refractivity contribution in [1.82, 2.24) is 15.2 Å². The number of rotatable bonds is 3. The molecule has 0 unspecified atom stereocenters. The van der Waals surface area contributed by atoms with Crippen LogP contribution in [0.25, 0.3) is 0 Å². The van der Waals surface area contributed by atoms with E-state index < -0.39 is 0 Å². The topological polar surface area (TPSA) is 28.2 Å². The molecule has 3 heteroatoms. The highest BCUT2D eigenvalue weighted by Gasteiger charge is 2.38. The van der Waals surface area contributed by atoms with Gasteiger partial charge in [0.25, 0.3) is 0 Å². The monoisotopic (exact) mass is 261 g/mol. The van der Waals surface area contributed by atoms with Gasteiger partial charge >= 0.3 is 0 Å². The SMILES string of the molecule is CNCC1(c2ccncc2)CCN(C(C)(C)C)CC1. The fourth-order valence-corrected chi connectivity index (χ4v) is 3.22. The molecular weight excluding hydrogens is 234 g/mol. The molecule has 0 radical (unpaired) electrons. The molecule has 0 amide bonds. The second-order valence-corrected chi connectivity index (χ2v) is 6.70. The predicted octanol–water partition coefficient (Wildman–Crippen LogP) is 2.43. The van der Waals surface area contributed by atoms with Crippen LogP contribution in [-0.2, 0) is 5.41 Å². The van der Waals surface area contributed by atoms with Crippen LogP contribution in [0.2, 0.25) is 0 Å². The highest BCUT2D eigenvalue weighted by Crippen LogP contribution is 2.36. The van der Waals surface area contributed by atoms with E-state index in [9.17, 15) is 0 Å². The maximum Gasteiger partial charge on any atom is 0.0270 e. The molecule has 1 aliphatic heterocycles. The number of likely N-dealkylation sites (N-methyl/N-ethyl adjacent to an activating group) is 1. The molecule has 0 aliphatic carbocycles. The number of hydrogen-bond acceptors (Lipinski definition) is 3. The van der Waals surface area contributed by atoms with Crippen molar-refractivity contribution in [3.8, 4) is 0 Å². The van der Waals surface area contributed by atoms with Gasteiger partial charge in [0.1, 0.15) is 0 Å². The van der Waals surface area contributed by atoms with Gasteiger partial charge in [0.05, 0.1) is 0 Å². The van der Waals surface area contributed by atoms with Gasteiger partial charge in [-0.25, -0.2) is 0 Å². The highest BCUT2D eigenvalue weighted by molar-refractivity contribution is 5.24. The summed E-state index contributed by atoms with van der Waals surface area (Å²) in [6, 6.07) is 4.37. The molecule has 0 saturated carbocycles. The van der Waals surface area contributed by atoms with E-state index in [-0.39, 0.29) is 11.0 Å². The molecular formula is C16H27N3. The lowest BCUT2D eigenvalue weighted by atomic mass is 9.72. The molecule has 0 atom stereocenters. The summed E-state index contributed by atoms with van der Waals surface area (Å²) in [4.78, 5) is 6.75. The number of nitrogens with one attached hydrogen (secondary N) is 1. The Morgan fingerprint density at radius 1 is 1.21 bits per heavy atom. The normalized spacial score (nSPS) is 20.4. The number of aromatic nitrogens is 1. The van der Waals surface area contributed by atoms with E-state index in [1.54, 1.807) is 0 Å². The fourth-order valence-electron chi connectivity index (χ4n) is 3.22. The molecule has 2 rings (SSSR count). The van der Waals surface area contributed by atoms with Crippen molar-refractivity contribution in [3.63, 3.8) is 0 Å². The first-order valence-electron chi connectivity index (χ1n) is 7.28. The summed E-state index contributed by atoms with van der Waals surface area (Å²) in [6.45, 7) is 10.3. The second kappa shape index (κ2) is 5.59. The van der Waals surface area contributed by atoms with E-state index in [4.69, 9.17) is 0 Å². The van der Waals surface area contributed by atoms with Crippen molar-refractivity contribution in [1.29, 1.82) is 0 Å². The molecule has 3 nitrogen and oxygen atoms in total. The molecule has 1 aliphatic rings. The van der Waals surface area contributed by atoms with Crippen LogP contribution in [0.4, 0.5) is 0 Å². The molecule has 19 heavy (non-hydrogen) atoms. The largest absolute Gasteiger partial charge is 0.319 e. The van der Waals surface area contributed by atoms with Gasteiger partial charge in [0.15, 0.2) is 0 Å². The molecule has 2 heterocycles. The molecule has 1 aromatic rings. The Morgan fingerprint density at radius 3 is 2.26 bits per heavy atom. The Labute approximate surface area is 117 Å². The lowest BCUT2D eigenvalue weighted by Crippen LogP contribution is -2.52. The fraction of sp³-hybridized carbons (Fsp3) is 0.688. The van der Waals surface area contributed by atoms with Gasteiger partial charge in [-0.05, 0) is 71.4 Å². The molecule has 0 aromatic carbocycles. The minimum atomic E-state index is 0.277. The number of hydrogen-bond donors (Lipinski definition) is 1. The number of pyridine rings is 1. The Kier molecular flexibility index (Phi) is 4.26. The third-order valence-electron chi connectivity index (χ3n) is 4.48. The van der Waals surface area contributed by atoms with Crippen LogP contribution in [0.3, 0.4) is 0 Å². The zero-order valence-corrected chi connectivity index (χ0v) is 12.7. The van der Waals surface area contributed by atoms with Crippen LogP contribution in [0.15, 0.2) is 24.5 Å². The lowest BCUT2D eigenvalue weighted by molar-refractivity contribution is 0.0742. The summed E-state index contributed by atoms with van der Waals surface area (Å²) >= 11 is 0. The van der Waals surface area contributed by atoms with Crippen LogP contribution in [0.5, 0.6) is 0 Å². The Hall–Kier alpha value is -0.930. The van der Waals surface area contributed by atoms with Gasteiger partial charge in [0, 0.05) is 29.9 Å². The molecule has 1 fully saturated rings. The van der Waals surface area contributed by atoms with E-state index in [1.807, 2.05) is 12.4 Å². The predicted molar refractivity (Wildman–Crippen MR) is 80.4 cm³/mol. The first kappa shape index (κ1) is 14.5. The van der Waals surface area contributed by atoms with Gasteiger partial charge in [-0.15, -0.1) is 0 Å². The van der Waals surface area contributed by atoms with Crippen LogP contribution in [-0.4, -0.2) is 42.1 Å². The average Bonchev–Trinajstić information content (AvgIpc) is 2.39. The van der Waals surface area contributed by atoms with Gasteiger partial charge < -0.3 is 5.32 Å². The molecule has 0 bridgehead atoms. The zero-order chi connectivity index (χ0) is 13.9. The van der Waals surface area contributed by atoms with Crippen molar-refractivity contribution < 1.29 is 0 Å². The van der Waals surface area contributed by atoms with Crippen LogP contribution < -0.4 is 5.32 Å². The molecule has 1 aromatic heterocycles. The number of likely N-dealkylation sites (tertiary alicyclic amines) is 1. The summed E-state index contributed by atoms with van der Waals surface area (Å²) in [5, 5.41) is 3.39. The molecule has 1 saturated heterocycles. The maximum absolute atomic E-state index is 4.15. The van der Waals surface area contributed by atoms with E-state index in [0.717, 1.165) is 6.54 Å². The van der Waals surface area contributed by atoms with E-state index in [1.165, 1.54) is 31.5 Å². The van der Waals surface area contributed by atoms with Crippen molar-refractivity contribution in [2.45, 2.75) is 44.6 Å². The van der Waals surface area contributed by atoms with Crippen molar-refractivity contribution in [3.05, 3.63) is 30.1 Å². The second-order valence-electron chi connectivity index (χ2n) is 6.70.